The van der Waals surface area contributed by atoms with Gasteiger partial charge >= 0.3 is 6.09 Å². The van der Waals surface area contributed by atoms with E-state index in [0.717, 1.165) is 47.7 Å². The van der Waals surface area contributed by atoms with Crippen LogP contribution in [0.4, 0.5) is 10.5 Å². The summed E-state index contributed by atoms with van der Waals surface area (Å²) < 4.78 is 7.36. The van der Waals surface area contributed by atoms with Crippen LogP contribution in [0.3, 0.4) is 0 Å². The molecule has 1 saturated carbocycles. The number of carbonyl (C=O) groups is 2. The lowest BCUT2D eigenvalue weighted by molar-refractivity contribution is -0.137. The van der Waals surface area contributed by atoms with E-state index in [-0.39, 0.29) is 18.4 Å². The molecule has 2 atom stereocenters. The number of benzene rings is 1. The third kappa shape index (κ3) is 6.64. The molecule has 1 aliphatic carbocycles. The fourth-order valence-electron chi connectivity index (χ4n) is 5.07. The van der Waals surface area contributed by atoms with Gasteiger partial charge in [-0.1, -0.05) is 18.2 Å². The Morgan fingerprint density at radius 1 is 1.13 bits per heavy atom. The number of likely N-dealkylation sites (tertiary alicyclic amines) is 1. The van der Waals surface area contributed by atoms with Crippen molar-refractivity contribution in [2.45, 2.75) is 89.8 Å². The second-order valence-electron chi connectivity index (χ2n) is 11.6. The largest absolute Gasteiger partial charge is 0.444 e. The van der Waals surface area contributed by atoms with Crippen LogP contribution in [0.15, 0.2) is 47.5 Å². The van der Waals surface area contributed by atoms with E-state index in [1.165, 1.54) is 12.8 Å². The van der Waals surface area contributed by atoms with Gasteiger partial charge in [0.1, 0.15) is 11.6 Å². The fourth-order valence-corrected chi connectivity index (χ4v) is 5.07. The Morgan fingerprint density at radius 2 is 1.90 bits per heavy atom. The van der Waals surface area contributed by atoms with Gasteiger partial charge in [0.05, 0.1) is 17.4 Å². The molecule has 1 unspecified atom stereocenters. The van der Waals surface area contributed by atoms with E-state index in [0.29, 0.717) is 12.5 Å². The first kappa shape index (κ1) is 26.8. The van der Waals surface area contributed by atoms with E-state index >= 15 is 0 Å². The summed E-state index contributed by atoms with van der Waals surface area (Å²) in [4.78, 5) is 37.9. The molecule has 0 bridgehead atoms. The van der Waals surface area contributed by atoms with Crippen LogP contribution in [0.25, 0.3) is 5.65 Å². The molecule has 9 heteroatoms. The van der Waals surface area contributed by atoms with E-state index in [4.69, 9.17) is 14.8 Å². The van der Waals surface area contributed by atoms with Crippen LogP contribution in [0.1, 0.15) is 88.3 Å². The summed E-state index contributed by atoms with van der Waals surface area (Å²) in [5, 5.41) is 7.69. The molecule has 1 saturated heterocycles. The molecule has 3 aromatic rings. The average molecular weight is 531 g/mol. The third-order valence-corrected chi connectivity index (χ3v) is 7.09. The Hall–Kier alpha value is -3.75. The van der Waals surface area contributed by atoms with Gasteiger partial charge in [0, 0.05) is 42.6 Å². The van der Waals surface area contributed by atoms with Gasteiger partial charge < -0.3 is 15.0 Å². The molecule has 1 N–H and O–H groups in total. The first-order valence-electron chi connectivity index (χ1n) is 13.9. The van der Waals surface area contributed by atoms with Crippen LogP contribution in [0.2, 0.25) is 0 Å². The number of hydrogen-bond acceptors (Lipinski definition) is 6. The number of piperidine rings is 1. The summed E-state index contributed by atoms with van der Waals surface area (Å²) in [6.45, 7) is 8.05. The number of aliphatic imine (C=N–C) groups is 1. The summed E-state index contributed by atoms with van der Waals surface area (Å²) >= 11 is 0. The second kappa shape index (κ2) is 11.2. The highest BCUT2D eigenvalue weighted by Gasteiger charge is 2.35. The van der Waals surface area contributed by atoms with Crippen molar-refractivity contribution in [3.63, 3.8) is 0 Å². The minimum atomic E-state index is -0.814. The fraction of sp³-hybridized carbons (Fsp3) is 0.500. The Bertz CT molecular complexity index is 1360. The summed E-state index contributed by atoms with van der Waals surface area (Å²) in [6.07, 6.45) is 6.39. The SMILES string of the molecule is Cc1cc(C2CC2)nc2cc([C@@H]3CCCCN3C(=O)C(CC=Nc3ccccc3)NC(=O)OC(C)(C)C)nn12. The zero-order valence-electron chi connectivity index (χ0n) is 23.3. The molecule has 1 aromatic carbocycles. The number of hydrogen-bond donors (Lipinski definition) is 1. The van der Waals surface area contributed by atoms with Crippen LogP contribution in [0, 0.1) is 6.92 Å². The van der Waals surface area contributed by atoms with Gasteiger partial charge in [0.25, 0.3) is 0 Å². The summed E-state index contributed by atoms with van der Waals surface area (Å²) in [6, 6.07) is 12.7. The third-order valence-electron chi connectivity index (χ3n) is 7.09. The minimum absolute atomic E-state index is 0.162. The number of carbonyl (C=O) groups excluding carboxylic acids is 2. The predicted molar refractivity (Wildman–Crippen MR) is 150 cm³/mol. The number of aromatic nitrogens is 3. The summed E-state index contributed by atoms with van der Waals surface area (Å²) in [5.41, 5.74) is 3.94. The smallest absolute Gasteiger partial charge is 0.408 e. The maximum atomic E-state index is 14.0. The summed E-state index contributed by atoms with van der Waals surface area (Å²) in [5.74, 6) is 0.391. The number of ether oxygens (including phenoxy) is 1. The van der Waals surface area contributed by atoms with Crippen LogP contribution >= 0.6 is 0 Å². The van der Waals surface area contributed by atoms with Crippen LogP contribution in [-0.4, -0.2) is 55.9 Å². The van der Waals surface area contributed by atoms with Crippen LogP contribution in [0.5, 0.6) is 0 Å². The Morgan fingerprint density at radius 3 is 2.62 bits per heavy atom. The van der Waals surface area contributed by atoms with Gasteiger partial charge in [0.2, 0.25) is 5.91 Å². The quantitative estimate of drug-likeness (QED) is 0.398. The molecular weight excluding hydrogens is 492 g/mol. The zero-order chi connectivity index (χ0) is 27.6. The molecule has 3 heterocycles. The topological polar surface area (TPSA) is 101 Å². The first-order valence-corrected chi connectivity index (χ1v) is 13.9. The van der Waals surface area contributed by atoms with Crippen LogP contribution < -0.4 is 5.32 Å². The van der Waals surface area contributed by atoms with Gasteiger partial charge in [-0.3, -0.25) is 9.79 Å². The molecule has 2 aromatic heterocycles. The highest BCUT2D eigenvalue weighted by Crippen LogP contribution is 2.39. The molecule has 9 nitrogen and oxygen atoms in total. The standard InChI is InChI=1S/C30H38N6O3/c1-20-18-24(21-13-14-21)32-27-19-25(34-36(20)27)26-12-8-9-17-35(26)28(37)23(33-29(38)39-30(2,3)4)15-16-31-22-10-6-5-7-11-22/h5-7,10-11,16,18-19,21,23,26H,8-9,12-15,17H2,1-4H3,(H,33,38)/t23?,26-/m0/s1. The lowest BCUT2D eigenvalue weighted by atomic mass is 9.98. The maximum absolute atomic E-state index is 14.0. The molecule has 2 amide bonds. The number of alkyl carbamates (subject to hydrolysis) is 1. The van der Waals surface area contributed by atoms with Gasteiger partial charge in [-0.25, -0.2) is 14.3 Å². The van der Waals surface area contributed by atoms with E-state index in [1.807, 2.05) is 52.7 Å². The minimum Gasteiger partial charge on any atom is -0.444 e. The second-order valence-corrected chi connectivity index (χ2v) is 11.6. The van der Waals surface area contributed by atoms with Crippen molar-refractivity contribution in [3.05, 3.63) is 59.5 Å². The number of nitrogens with one attached hydrogen (secondary N) is 1. The Balaban J connectivity index is 1.39. The Kier molecular flexibility index (Phi) is 7.68. The number of nitrogens with zero attached hydrogens (tertiary/aromatic N) is 5. The van der Waals surface area contributed by atoms with E-state index in [2.05, 4.69) is 16.4 Å². The number of fused-ring (bicyclic) bond motifs is 1. The molecular formula is C30H38N6O3. The number of para-hydroxylation sites is 1. The molecule has 2 aliphatic rings. The van der Waals surface area contributed by atoms with Crippen molar-refractivity contribution in [3.8, 4) is 0 Å². The van der Waals surface area contributed by atoms with Gasteiger partial charge in [0.15, 0.2) is 5.65 Å². The molecule has 2 fully saturated rings. The average Bonchev–Trinajstić information content (AvgIpc) is 3.66. The number of amides is 2. The zero-order valence-corrected chi connectivity index (χ0v) is 23.3. The van der Waals surface area contributed by atoms with Crippen molar-refractivity contribution in [1.82, 2.24) is 24.8 Å². The van der Waals surface area contributed by atoms with Crippen LogP contribution in [-0.2, 0) is 9.53 Å². The van der Waals surface area contributed by atoms with Crippen molar-refractivity contribution in [2.75, 3.05) is 6.54 Å². The first-order chi connectivity index (χ1) is 18.7. The Labute approximate surface area is 229 Å². The molecule has 0 spiro atoms. The highest BCUT2D eigenvalue weighted by molar-refractivity contribution is 5.89. The molecule has 0 radical (unpaired) electrons. The van der Waals surface area contributed by atoms with Crippen molar-refractivity contribution in [2.24, 2.45) is 4.99 Å². The normalized spacial score (nSPS) is 18.9. The van der Waals surface area contributed by atoms with Crippen molar-refractivity contribution >= 4 is 29.5 Å². The van der Waals surface area contributed by atoms with Gasteiger partial charge in [-0.2, -0.15) is 5.10 Å². The molecule has 206 valence electrons. The van der Waals surface area contributed by atoms with E-state index in [9.17, 15) is 9.59 Å². The predicted octanol–water partition coefficient (Wildman–Crippen LogP) is 5.65. The van der Waals surface area contributed by atoms with Crippen molar-refractivity contribution < 1.29 is 14.3 Å². The molecule has 1 aliphatic heterocycles. The van der Waals surface area contributed by atoms with E-state index < -0.39 is 17.7 Å². The maximum Gasteiger partial charge on any atom is 0.408 e. The lowest BCUT2D eigenvalue weighted by Crippen LogP contribution is -2.52. The van der Waals surface area contributed by atoms with E-state index in [1.54, 1.807) is 27.0 Å². The monoisotopic (exact) mass is 530 g/mol. The van der Waals surface area contributed by atoms with Gasteiger partial charge in [-0.05, 0) is 78.0 Å². The number of rotatable bonds is 7. The lowest BCUT2D eigenvalue weighted by Gasteiger charge is -2.37. The van der Waals surface area contributed by atoms with Gasteiger partial charge in [-0.15, -0.1) is 0 Å². The van der Waals surface area contributed by atoms with Crippen molar-refractivity contribution in [1.29, 1.82) is 0 Å². The number of aryl methyl sites for hydroxylation is 1. The highest BCUT2D eigenvalue weighted by atomic mass is 16.6. The molecule has 5 rings (SSSR count). The molecule has 39 heavy (non-hydrogen) atoms. The summed E-state index contributed by atoms with van der Waals surface area (Å²) in [7, 11) is 0.